The highest BCUT2D eigenvalue weighted by atomic mass is 16.7. The molecule has 0 aliphatic carbocycles. The van der Waals surface area contributed by atoms with Crippen molar-refractivity contribution in [1.82, 2.24) is 0 Å². The Labute approximate surface area is 196 Å². The first kappa shape index (κ1) is 24.6. The zero-order chi connectivity index (χ0) is 23.7. The molecule has 0 bridgehead atoms. The molecule has 1 aliphatic rings. The molecule has 2 aromatic rings. The summed E-state index contributed by atoms with van der Waals surface area (Å²) in [6.45, 7) is 19.5. The summed E-state index contributed by atoms with van der Waals surface area (Å²) in [6, 6.07) is 17.6. The Kier molecular flexibility index (Phi) is 7.26. The van der Waals surface area contributed by atoms with Crippen molar-refractivity contribution in [2.45, 2.75) is 85.8 Å². The van der Waals surface area contributed by atoms with E-state index in [1.165, 1.54) is 28.2 Å². The van der Waals surface area contributed by atoms with Crippen LogP contribution < -0.4 is 4.90 Å². The van der Waals surface area contributed by atoms with E-state index in [9.17, 15) is 0 Å². The van der Waals surface area contributed by atoms with Gasteiger partial charge in [-0.25, -0.2) is 0 Å². The fraction of sp³-hybridized carbons (Fsp3) is 0.500. The van der Waals surface area contributed by atoms with Gasteiger partial charge in [-0.2, -0.15) is 0 Å². The fourth-order valence-corrected chi connectivity index (χ4v) is 4.49. The SMILES string of the molecule is C/C=C(/C(C)[C@@H](CC)B1OC(C)(C)C(C)(C)O1)N(c1ccc(C)cc1)c1ccc(C)cc1. The Morgan fingerprint density at radius 3 is 1.62 bits per heavy atom. The normalized spacial score (nSPS) is 19.7. The Morgan fingerprint density at radius 2 is 1.28 bits per heavy atom. The average molecular weight is 433 g/mol. The van der Waals surface area contributed by atoms with Crippen molar-refractivity contribution in [3.05, 3.63) is 71.4 Å². The first-order valence-corrected chi connectivity index (χ1v) is 12.0. The number of hydrogen-bond acceptors (Lipinski definition) is 3. The second-order valence-corrected chi connectivity index (χ2v) is 10.2. The Hall–Kier alpha value is -2.04. The molecule has 1 unspecified atom stereocenters. The van der Waals surface area contributed by atoms with Crippen molar-refractivity contribution in [3.8, 4) is 0 Å². The van der Waals surface area contributed by atoms with Crippen LogP contribution in [0, 0.1) is 19.8 Å². The van der Waals surface area contributed by atoms with Gasteiger partial charge >= 0.3 is 7.12 Å². The Balaban J connectivity index is 2.00. The van der Waals surface area contributed by atoms with Crippen LogP contribution in [-0.2, 0) is 9.31 Å². The van der Waals surface area contributed by atoms with Gasteiger partial charge in [0.05, 0.1) is 11.2 Å². The molecule has 172 valence electrons. The van der Waals surface area contributed by atoms with Gasteiger partial charge in [-0.1, -0.05) is 61.7 Å². The third-order valence-corrected chi connectivity index (χ3v) is 7.34. The third-order valence-electron chi connectivity index (χ3n) is 7.34. The summed E-state index contributed by atoms with van der Waals surface area (Å²) >= 11 is 0. The number of rotatable bonds is 7. The number of anilines is 2. The second kappa shape index (κ2) is 9.45. The van der Waals surface area contributed by atoms with Gasteiger partial charge in [-0.15, -0.1) is 0 Å². The minimum atomic E-state index is -0.325. The predicted molar refractivity (Wildman–Crippen MR) is 138 cm³/mol. The maximum absolute atomic E-state index is 6.49. The van der Waals surface area contributed by atoms with Crippen molar-refractivity contribution in [3.63, 3.8) is 0 Å². The van der Waals surface area contributed by atoms with Crippen LogP contribution in [-0.4, -0.2) is 18.3 Å². The quantitative estimate of drug-likeness (QED) is 0.415. The van der Waals surface area contributed by atoms with Gasteiger partial charge in [0.1, 0.15) is 0 Å². The smallest absolute Gasteiger partial charge is 0.403 e. The topological polar surface area (TPSA) is 21.7 Å². The molecular formula is C28H40BNO2. The number of hydrogen-bond donors (Lipinski definition) is 0. The van der Waals surface area contributed by atoms with Crippen LogP contribution >= 0.6 is 0 Å². The van der Waals surface area contributed by atoms with Crippen LogP contribution in [0.15, 0.2) is 60.3 Å². The Bertz CT molecular complexity index is 869. The highest BCUT2D eigenvalue weighted by Crippen LogP contribution is 2.46. The lowest BCUT2D eigenvalue weighted by Gasteiger charge is -2.35. The van der Waals surface area contributed by atoms with Crippen LogP contribution in [0.5, 0.6) is 0 Å². The maximum atomic E-state index is 6.49. The van der Waals surface area contributed by atoms with E-state index in [0.717, 1.165) is 6.42 Å². The van der Waals surface area contributed by atoms with Crippen LogP contribution in [0.25, 0.3) is 0 Å². The van der Waals surface area contributed by atoms with E-state index < -0.39 is 0 Å². The molecule has 0 spiro atoms. The van der Waals surface area contributed by atoms with Crippen LogP contribution in [0.3, 0.4) is 0 Å². The molecule has 1 heterocycles. The summed E-state index contributed by atoms with van der Waals surface area (Å²) in [6.07, 6.45) is 3.23. The molecule has 1 fully saturated rings. The summed E-state index contributed by atoms with van der Waals surface area (Å²) in [5, 5.41) is 0. The van der Waals surface area contributed by atoms with Gasteiger partial charge in [-0.05, 0) is 78.6 Å². The van der Waals surface area contributed by atoms with Gasteiger partial charge < -0.3 is 14.2 Å². The van der Waals surface area contributed by atoms with Gasteiger partial charge in [0, 0.05) is 22.9 Å². The van der Waals surface area contributed by atoms with E-state index in [4.69, 9.17) is 9.31 Å². The summed E-state index contributed by atoms with van der Waals surface area (Å²) < 4.78 is 13.0. The van der Waals surface area contributed by atoms with E-state index in [-0.39, 0.29) is 30.1 Å². The van der Waals surface area contributed by atoms with Crippen molar-refractivity contribution in [2.24, 2.45) is 5.92 Å². The molecular weight excluding hydrogens is 393 g/mol. The number of benzene rings is 2. The zero-order valence-electron chi connectivity index (χ0n) is 21.4. The van der Waals surface area contributed by atoms with Crippen molar-refractivity contribution < 1.29 is 9.31 Å². The molecule has 0 radical (unpaired) electrons. The molecule has 3 nitrogen and oxygen atoms in total. The lowest BCUT2D eigenvalue weighted by Crippen LogP contribution is -2.41. The molecule has 4 heteroatoms. The summed E-state index contributed by atoms with van der Waals surface area (Å²) in [5.74, 6) is 0.475. The van der Waals surface area contributed by atoms with Crippen LogP contribution in [0.1, 0.15) is 66.0 Å². The van der Waals surface area contributed by atoms with E-state index in [1.807, 2.05) is 0 Å². The largest absolute Gasteiger partial charge is 0.461 e. The van der Waals surface area contributed by atoms with Crippen molar-refractivity contribution in [1.29, 1.82) is 0 Å². The number of nitrogens with zero attached hydrogens (tertiary/aromatic N) is 1. The average Bonchev–Trinajstić information content (AvgIpc) is 2.95. The van der Waals surface area contributed by atoms with E-state index in [2.05, 4.69) is 122 Å². The molecule has 2 atom stereocenters. The van der Waals surface area contributed by atoms with Gasteiger partial charge in [0.25, 0.3) is 0 Å². The van der Waals surface area contributed by atoms with Crippen LogP contribution in [0.2, 0.25) is 5.82 Å². The molecule has 1 saturated heterocycles. The fourth-order valence-electron chi connectivity index (χ4n) is 4.49. The van der Waals surface area contributed by atoms with Crippen molar-refractivity contribution in [2.75, 3.05) is 4.90 Å². The number of aryl methyl sites for hydroxylation is 2. The number of allylic oxidation sites excluding steroid dienone is 2. The highest BCUT2D eigenvalue weighted by Gasteiger charge is 2.54. The first-order chi connectivity index (χ1) is 15.0. The molecule has 0 saturated carbocycles. The molecule has 0 aromatic heterocycles. The predicted octanol–water partition coefficient (Wildman–Crippen LogP) is 7.85. The van der Waals surface area contributed by atoms with Crippen LogP contribution in [0.4, 0.5) is 11.4 Å². The maximum Gasteiger partial charge on any atom is 0.461 e. The summed E-state index contributed by atoms with van der Waals surface area (Å²) in [4.78, 5) is 2.39. The third kappa shape index (κ3) is 4.82. The van der Waals surface area contributed by atoms with Gasteiger partial charge in [0.15, 0.2) is 0 Å². The lowest BCUT2D eigenvalue weighted by atomic mass is 9.63. The van der Waals surface area contributed by atoms with Gasteiger partial charge in [0.2, 0.25) is 0 Å². The van der Waals surface area contributed by atoms with E-state index in [0.29, 0.717) is 0 Å². The molecule has 0 N–H and O–H groups in total. The highest BCUT2D eigenvalue weighted by molar-refractivity contribution is 6.47. The zero-order valence-corrected chi connectivity index (χ0v) is 21.4. The molecule has 0 amide bonds. The van der Waals surface area contributed by atoms with Crippen molar-refractivity contribution >= 4 is 18.5 Å². The Morgan fingerprint density at radius 1 is 0.875 bits per heavy atom. The van der Waals surface area contributed by atoms with E-state index >= 15 is 0 Å². The molecule has 3 rings (SSSR count). The second-order valence-electron chi connectivity index (χ2n) is 10.2. The van der Waals surface area contributed by atoms with E-state index in [1.54, 1.807) is 0 Å². The standard InChI is InChI=1S/C28H40BNO2/c1-10-25(29-31-27(6,7)28(8,9)32-29)22(5)26(11-2)30(23-16-12-20(3)13-17-23)24-18-14-21(4)15-19-24/h11-19,22,25H,10H2,1-9H3/b26-11-/t22?,25-/m1/s1. The molecule has 32 heavy (non-hydrogen) atoms. The molecule has 2 aromatic carbocycles. The van der Waals surface area contributed by atoms with Gasteiger partial charge in [-0.3, -0.25) is 0 Å². The summed E-state index contributed by atoms with van der Waals surface area (Å²) in [7, 11) is -0.229. The lowest BCUT2D eigenvalue weighted by molar-refractivity contribution is 0.00578. The minimum Gasteiger partial charge on any atom is -0.403 e. The molecule has 1 aliphatic heterocycles. The minimum absolute atomic E-state index is 0.229. The monoisotopic (exact) mass is 433 g/mol. The first-order valence-electron chi connectivity index (χ1n) is 12.0. The summed E-state index contributed by atoms with van der Waals surface area (Å²) in [5.41, 5.74) is 5.47.